The van der Waals surface area contributed by atoms with Crippen LogP contribution in [0.2, 0.25) is 0 Å². The van der Waals surface area contributed by atoms with Crippen LogP contribution in [0.3, 0.4) is 0 Å². The van der Waals surface area contributed by atoms with Gasteiger partial charge in [0.1, 0.15) is 5.82 Å². The van der Waals surface area contributed by atoms with E-state index in [1.54, 1.807) is 23.9 Å². The quantitative estimate of drug-likeness (QED) is 0.769. The predicted molar refractivity (Wildman–Crippen MR) is 70.9 cm³/mol. The highest BCUT2D eigenvalue weighted by molar-refractivity contribution is 7.99. The smallest absolute Gasteiger partial charge is 0.123 e. The Hall–Kier alpha value is -0.580. The van der Waals surface area contributed by atoms with Gasteiger partial charge in [-0.15, -0.1) is 11.8 Å². The second kappa shape index (κ2) is 6.38. The molecule has 0 aromatic heterocycles. The van der Waals surface area contributed by atoms with Crippen LogP contribution in [0.4, 0.5) is 4.39 Å². The van der Waals surface area contributed by atoms with E-state index in [-0.39, 0.29) is 18.0 Å². The largest absolute Gasteiger partial charge is 0.394 e. The summed E-state index contributed by atoms with van der Waals surface area (Å²) in [5.41, 5.74) is -0.312. The Morgan fingerprint density at radius 3 is 2.41 bits per heavy atom. The van der Waals surface area contributed by atoms with Crippen molar-refractivity contribution in [3.63, 3.8) is 0 Å². The summed E-state index contributed by atoms with van der Waals surface area (Å²) in [6.45, 7) is 6.18. The lowest BCUT2D eigenvalue weighted by molar-refractivity contribution is 0.183. The van der Waals surface area contributed by atoms with Crippen molar-refractivity contribution in [2.24, 2.45) is 0 Å². The monoisotopic (exact) mass is 257 g/mol. The van der Waals surface area contributed by atoms with Crippen molar-refractivity contribution in [3.8, 4) is 0 Å². The van der Waals surface area contributed by atoms with E-state index < -0.39 is 0 Å². The average Bonchev–Trinajstić information content (AvgIpc) is 2.27. The van der Waals surface area contributed by atoms with Crippen molar-refractivity contribution in [3.05, 3.63) is 30.1 Å². The third-order valence-corrected chi connectivity index (χ3v) is 3.74. The molecule has 0 amide bonds. The molecule has 0 spiro atoms. The van der Waals surface area contributed by atoms with Crippen molar-refractivity contribution in [1.82, 2.24) is 5.32 Å². The van der Waals surface area contributed by atoms with E-state index in [1.807, 2.05) is 6.92 Å². The van der Waals surface area contributed by atoms with Crippen LogP contribution < -0.4 is 5.32 Å². The van der Waals surface area contributed by atoms with Gasteiger partial charge in [0.25, 0.3) is 0 Å². The molecule has 0 saturated carbocycles. The lowest BCUT2D eigenvalue weighted by Gasteiger charge is -2.30. The third kappa shape index (κ3) is 5.06. The molecular weight excluding hydrogens is 237 g/mol. The summed E-state index contributed by atoms with van der Waals surface area (Å²) in [7, 11) is 0. The fraction of sp³-hybridized carbons (Fsp3) is 0.538. The Kier molecular flexibility index (Phi) is 5.43. The molecule has 0 radical (unpaired) electrons. The van der Waals surface area contributed by atoms with Gasteiger partial charge in [0.05, 0.1) is 6.61 Å². The molecule has 0 heterocycles. The molecule has 0 aliphatic heterocycles. The van der Waals surface area contributed by atoms with Gasteiger partial charge in [-0.05, 0) is 31.2 Å². The molecule has 0 saturated heterocycles. The summed E-state index contributed by atoms with van der Waals surface area (Å²) >= 11 is 1.61. The zero-order valence-corrected chi connectivity index (χ0v) is 11.4. The van der Waals surface area contributed by atoms with Gasteiger partial charge >= 0.3 is 0 Å². The lowest BCUT2D eigenvalue weighted by atomic mass is 10.1. The second-order valence-electron chi connectivity index (χ2n) is 4.76. The van der Waals surface area contributed by atoms with Crippen LogP contribution in [0.25, 0.3) is 0 Å². The van der Waals surface area contributed by atoms with Crippen molar-refractivity contribution >= 4 is 11.8 Å². The maximum Gasteiger partial charge on any atom is 0.123 e. The number of hydrogen-bond acceptors (Lipinski definition) is 3. The van der Waals surface area contributed by atoms with E-state index in [0.29, 0.717) is 6.04 Å². The SMILES string of the molecule is CC(C)NC(C)(CO)CSc1ccc(F)cc1. The van der Waals surface area contributed by atoms with Crippen molar-refractivity contribution < 1.29 is 9.50 Å². The maximum absolute atomic E-state index is 12.7. The first-order chi connectivity index (χ1) is 7.95. The van der Waals surface area contributed by atoms with Gasteiger partial charge in [-0.25, -0.2) is 4.39 Å². The Balaban J connectivity index is 2.55. The Morgan fingerprint density at radius 1 is 1.35 bits per heavy atom. The molecule has 0 aliphatic carbocycles. The van der Waals surface area contributed by atoms with Crippen LogP contribution in [0, 0.1) is 5.82 Å². The van der Waals surface area contributed by atoms with Crippen LogP contribution in [-0.2, 0) is 0 Å². The standard InChI is InChI=1S/C13H20FNOS/c1-10(2)15-13(3,8-16)9-17-12-6-4-11(14)5-7-12/h4-7,10,15-16H,8-9H2,1-3H3. The van der Waals surface area contributed by atoms with Crippen molar-refractivity contribution in [1.29, 1.82) is 0 Å². The number of halogens is 1. The van der Waals surface area contributed by atoms with Crippen molar-refractivity contribution in [2.45, 2.75) is 37.2 Å². The number of hydrogen-bond donors (Lipinski definition) is 2. The van der Waals surface area contributed by atoms with Gasteiger partial charge in [0, 0.05) is 22.2 Å². The molecule has 1 atom stereocenters. The van der Waals surface area contributed by atoms with Crippen LogP contribution in [0.15, 0.2) is 29.2 Å². The summed E-state index contributed by atoms with van der Waals surface area (Å²) in [4.78, 5) is 1.01. The molecule has 1 rings (SSSR count). The van der Waals surface area contributed by atoms with E-state index in [1.165, 1.54) is 12.1 Å². The van der Waals surface area contributed by atoms with E-state index in [2.05, 4.69) is 19.2 Å². The van der Waals surface area contributed by atoms with Gasteiger partial charge in [0.2, 0.25) is 0 Å². The first kappa shape index (κ1) is 14.5. The zero-order chi connectivity index (χ0) is 12.9. The molecule has 1 unspecified atom stereocenters. The minimum atomic E-state index is -0.312. The summed E-state index contributed by atoms with van der Waals surface area (Å²) in [6, 6.07) is 6.74. The maximum atomic E-state index is 12.7. The van der Waals surface area contributed by atoms with E-state index in [0.717, 1.165) is 10.6 Å². The van der Waals surface area contributed by atoms with Gasteiger partial charge in [0.15, 0.2) is 0 Å². The summed E-state index contributed by atoms with van der Waals surface area (Å²) in [5.74, 6) is 0.521. The zero-order valence-electron chi connectivity index (χ0n) is 10.5. The number of aliphatic hydroxyl groups is 1. The van der Waals surface area contributed by atoms with E-state index >= 15 is 0 Å². The molecule has 1 aromatic rings. The van der Waals surface area contributed by atoms with E-state index in [4.69, 9.17) is 0 Å². The molecule has 0 aliphatic rings. The lowest BCUT2D eigenvalue weighted by Crippen LogP contribution is -2.51. The molecule has 1 aromatic carbocycles. The highest BCUT2D eigenvalue weighted by Gasteiger charge is 2.23. The van der Waals surface area contributed by atoms with Crippen LogP contribution in [0.1, 0.15) is 20.8 Å². The third-order valence-electron chi connectivity index (χ3n) is 2.36. The molecule has 17 heavy (non-hydrogen) atoms. The van der Waals surface area contributed by atoms with Gasteiger partial charge in [-0.3, -0.25) is 0 Å². The normalized spacial score (nSPS) is 14.9. The summed E-state index contributed by atoms with van der Waals surface area (Å²) < 4.78 is 12.7. The molecule has 2 N–H and O–H groups in total. The molecular formula is C13H20FNOS. The number of aliphatic hydroxyl groups excluding tert-OH is 1. The van der Waals surface area contributed by atoms with Crippen molar-refractivity contribution in [2.75, 3.05) is 12.4 Å². The second-order valence-corrected chi connectivity index (χ2v) is 5.81. The Bertz CT molecular complexity index is 342. The number of thioether (sulfide) groups is 1. The molecule has 4 heteroatoms. The number of benzene rings is 1. The minimum absolute atomic E-state index is 0.0827. The Labute approximate surface area is 107 Å². The fourth-order valence-corrected chi connectivity index (χ4v) is 2.59. The highest BCUT2D eigenvalue weighted by atomic mass is 32.2. The van der Waals surface area contributed by atoms with E-state index in [9.17, 15) is 9.50 Å². The van der Waals surface area contributed by atoms with Gasteiger partial charge < -0.3 is 10.4 Å². The molecule has 0 fully saturated rings. The summed E-state index contributed by atoms with van der Waals surface area (Å²) in [6.07, 6.45) is 0. The molecule has 0 bridgehead atoms. The van der Waals surface area contributed by atoms with Crippen LogP contribution in [-0.4, -0.2) is 29.0 Å². The number of nitrogens with one attached hydrogen (secondary N) is 1. The highest BCUT2D eigenvalue weighted by Crippen LogP contribution is 2.23. The topological polar surface area (TPSA) is 32.3 Å². The fourth-order valence-electron chi connectivity index (χ4n) is 1.60. The minimum Gasteiger partial charge on any atom is -0.394 e. The van der Waals surface area contributed by atoms with Gasteiger partial charge in [-0.2, -0.15) is 0 Å². The van der Waals surface area contributed by atoms with Crippen LogP contribution in [0.5, 0.6) is 0 Å². The molecule has 2 nitrogen and oxygen atoms in total. The molecule has 96 valence electrons. The number of rotatable bonds is 6. The van der Waals surface area contributed by atoms with Gasteiger partial charge in [-0.1, -0.05) is 13.8 Å². The summed E-state index contributed by atoms with van der Waals surface area (Å²) in [5, 5.41) is 12.8. The Morgan fingerprint density at radius 2 is 1.94 bits per heavy atom. The predicted octanol–water partition coefficient (Wildman–Crippen LogP) is 2.67. The first-order valence-electron chi connectivity index (χ1n) is 5.72. The average molecular weight is 257 g/mol. The van der Waals surface area contributed by atoms with Crippen LogP contribution >= 0.6 is 11.8 Å². The first-order valence-corrected chi connectivity index (χ1v) is 6.71.